The highest BCUT2D eigenvalue weighted by molar-refractivity contribution is 5.87. The summed E-state index contributed by atoms with van der Waals surface area (Å²) in [6.07, 6.45) is 0.902. The van der Waals surface area contributed by atoms with Crippen LogP contribution < -0.4 is 0 Å². The molecule has 2 nitrogen and oxygen atoms in total. The van der Waals surface area contributed by atoms with Crippen molar-refractivity contribution >= 4 is 5.71 Å². The van der Waals surface area contributed by atoms with Gasteiger partial charge in [0.05, 0.1) is 0 Å². The fourth-order valence-electron chi connectivity index (χ4n) is 0.513. The molecule has 0 aliphatic carbocycles. The average molecular weight is 127 g/mol. The molecule has 0 aliphatic rings. The summed E-state index contributed by atoms with van der Waals surface area (Å²) in [7, 11) is 0. The summed E-state index contributed by atoms with van der Waals surface area (Å²) in [5.74, 6) is 0. The SMILES string of the molecule is C=CC(O)C(C)=NCC. The summed E-state index contributed by atoms with van der Waals surface area (Å²) in [4.78, 5) is 3.99. The first kappa shape index (κ1) is 8.37. The molecule has 0 heterocycles. The minimum Gasteiger partial charge on any atom is -0.383 e. The number of rotatable bonds is 3. The van der Waals surface area contributed by atoms with Crippen molar-refractivity contribution in [3.05, 3.63) is 12.7 Å². The van der Waals surface area contributed by atoms with Crippen LogP contribution in [0.15, 0.2) is 17.6 Å². The standard InChI is InChI=1S/C7H13NO/c1-4-7(9)6(3)8-5-2/h4,7,9H,1,5H2,2-3H3. The van der Waals surface area contributed by atoms with Crippen molar-refractivity contribution in [2.24, 2.45) is 4.99 Å². The zero-order valence-corrected chi connectivity index (χ0v) is 5.96. The summed E-state index contributed by atoms with van der Waals surface area (Å²) >= 11 is 0. The van der Waals surface area contributed by atoms with Gasteiger partial charge in [0.2, 0.25) is 0 Å². The van der Waals surface area contributed by atoms with E-state index >= 15 is 0 Å². The molecule has 9 heavy (non-hydrogen) atoms. The van der Waals surface area contributed by atoms with Crippen molar-refractivity contribution < 1.29 is 5.11 Å². The maximum absolute atomic E-state index is 9.01. The number of nitrogens with zero attached hydrogens (tertiary/aromatic N) is 1. The molecule has 0 radical (unpaired) electrons. The van der Waals surface area contributed by atoms with Gasteiger partial charge in [0.25, 0.3) is 0 Å². The van der Waals surface area contributed by atoms with E-state index in [1.54, 1.807) is 6.92 Å². The zero-order valence-electron chi connectivity index (χ0n) is 5.96. The Morgan fingerprint density at radius 2 is 2.44 bits per heavy atom. The molecule has 1 N–H and O–H groups in total. The topological polar surface area (TPSA) is 32.6 Å². The molecular formula is C7H13NO. The molecule has 1 unspecified atom stereocenters. The van der Waals surface area contributed by atoms with E-state index in [-0.39, 0.29) is 0 Å². The first-order valence-electron chi connectivity index (χ1n) is 3.04. The molecule has 0 saturated carbocycles. The van der Waals surface area contributed by atoms with E-state index in [2.05, 4.69) is 11.6 Å². The van der Waals surface area contributed by atoms with Crippen LogP contribution in [0.5, 0.6) is 0 Å². The Hall–Kier alpha value is -0.630. The molecular weight excluding hydrogens is 114 g/mol. The van der Waals surface area contributed by atoms with Crippen LogP contribution in [0.1, 0.15) is 13.8 Å². The Morgan fingerprint density at radius 3 is 2.78 bits per heavy atom. The molecule has 0 aromatic carbocycles. The van der Waals surface area contributed by atoms with E-state index in [4.69, 9.17) is 5.11 Å². The third kappa shape index (κ3) is 3.03. The van der Waals surface area contributed by atoms with Gasteiger partial charge in [-0.2, -0.15) is 0 Å². The fraction of sp³-hybridized carbons (Fsp3) is 0.571. The molecule has 1 atom stereocenters. The Morgan fingerprint density at radius 1 is 1.89 bits per heavy atom. The number of aliphatic hydroxyl groups excluding tert-OH is 1. The van der Waals surface area contributed by atoms with Gasteiger partial charge in [-0.1, -0.05) is 6.08 Å². The molecule has 2 heteroatoms. The highest BCUT2D eigenvalue weighted by Gasteiger charge is 1.98. The maximum Gasteiger partial charge on any atom is 0.109 e. The second kappa shape index (κ2) is 4.27. The first-order valence-corrected chi connectivity index (χ1v) is 3.04. The van der Waals surface area contributed by atoms with Crippen LogP contribution in [0.25, 0.3) is 0 Å². The number of aliphatic imine (C=N–C) groups is 1. The van der Waals surface area contributed by atoms with Crippen LogP contribution in [0, 0.1) is 0 Å². The normalized spacial score (nSPS) is 15.2. The Bertz CT molecular complexity index is 118. The third-order valence-electron chi connectivity index (χ3n) is 1.06. The smallest absolute Gasteiger partial charge is 0.109 e. The summed E-state index contributed by atoms with van der Waals surface area (Å²) in [5, 5.41) is 9.01. The first-order chi connectivity index (χ1) is 4.22. The van der Waals surface area contributed by atoms with Crippen molar-refractivity contribution in [3.63, 3.8) is 0 Å². The van der Waals surface area contributed by atoms with Crippen LogP contribution in [-0.2, 0) is 0 Å². The van der Waals surface area contributed by atoms with Gasteiger partial charge in [0.1, 0.15) is 6.10 Å². The lowest BCUT2D eigenvalue weighted by atomic mass is 10.2. The summed E-state index contributed by atoms with van der Waals surface area (Å²) in [5.41, 5.74) is 0.729. The quantitative estimate of drug-likeness (QED) is 0.445. The van der Waals surface area contributed by atoms with E-state index < -0.39 is 6.10 Å². The van der Waals surface area contributed by atoms with Crippen molar-refractivity contribution in [1.82, 2.24) is 0 Å². The molecule has 0 aromatic heterocycles. The maximum atomic E-state index is 9.01. The van der Waals surface area contributed by atoms with Crippen LogP contribution in [-0.4, -0.2) is 23.5 Å². The minimum absolute atomic E-state index is 0.565. The van der Waals surface area contributed by atoms with Gasteiger partial charge in [-0.25, -0.2) is 0 Å². The molecule has 0 fully saturated rings. The van der Waals surface area contributed by atoms with Crippen LogP contribution in [0.2, 0.25) is 0 Å². The Labute approximate surface area is 55.9 Å². The van der Waals surface area contributed by atoms with Gasteiger partial charge < -0.3 is 5.11 Å². The molecule has 0 saturated heterocycles. The lowest BCUT2D eigenvalue weighted by Gasteiger charge is -2.01. The van der Waals surface area contributed by atoms with Crippen molar-refractivity contribution in [2.45, 2.75) is 20.0 Å². The zero-order chi connectivity index (χ0) is 7.28. The minimum atomic E-state index is -0.565. The lowest BCUT2D eigenvalue weighted by molar-refractivity contribution is 0.288. The Balaban J connectivity index is 3.84. The van der Waals surface area contributed by atoms with Crippen molar-refractivity contribution in [1.29, 1.82) is 0 Å². The molecule has 0 amide bonds. The lowest BCUT2D eigenvalue weighted by Crippen LogP contribution is -2.13. The number of hydrogen-bond acceptors (Lipinski definition) is 2. The Kier molecular flexibility index (Phi) is 3.97. The van der Waals surface area contributed by atoms with E-state index in [0.29, 0.717) is 0 Å². The number of aliphatic hydroxyl groups is 1. The van der Waals surface area contributed by atoms with E-state index in [0.717, 1.165) is 12.3 Å². The second-order valence-corrected chi connectivity index (χ2v) is 1.80. The van der Waals surface area contributed by atoms with Gasteiger partial charge in [-0.15, -0.1) is 6.58 Å². The second-order valence-electron chi connectivity index (χ2n) is 1.80. The largest absolute Gasteiger partial charge is 0.383 e. The summed E-state index contributed by atoms with van der Waals surface area (Å²) < 4.78 is 0. The molecule has 52 valence electrons. The van der Waals surface area contributed by atoms with Gasteiger partial charge in [-0.3, -0.25) is 4.99 Å². The van der Waals surface area contributed by atoms with Gasteiger partial charge in [-0.05, 0) is 13.8 Å². The van der Waals surface area contributed by atoms with Crippen LogP contribution in [0.3, 0.4) is 0 Å². The van der Waals surface area contributed by atoms with Gasteiger partial charge in [0, 0.05) is 12.3 Å². The third-order valence-corrected chi connectivity index (χ3v) is 1.06. The van der Waals surface area contributed by atoms with E-state index in [1.165, 1.54) is 6.08 Å². The highest BCUT2D eigenvalue weighted by atomic mass is 16.3. The fourth-order valence-corrected chi connectivity index (χ4v) is 0.513. The number of hydrogen-bond donors (Lipinski definition) is 1. The van der Waals surface area contributed by atoms with Crippen LogP contribution in [0.4, 0.5) is 0 Å². The summed E-state index contributed by atoms with van der Waals surface area (Å²) in [6.45, 7) is 7.87. The van der Waals surface area contributed by atoms with Crippen molar-refractivity contribution in [3.8, 4) is 0 Å². The molecule has 0 aromatic rings. The van der Waals surface area contributed by atoms with Crippen molar-refractivity contribution in [2.75, 3.05) is 6.54 Å². The average Bonchev–Trinajstić information content (AvgIpc) is 1.87. The monoisotopic (exact) mass is 127 g/mol. The molecule has 0 rings (SSSR count). The van der Waals surface area contributed by atoms with E-state index in [9.17, 15) is 0 Å². The van der Waals surface area contributed by atoms with E-state index in [1.807, 2.05) is 6.92 Å². The highest BCUT2D eigenvalue weighted by Crippen LogP contribution is 1.88. The predicted octanol–water partition coefficient (Wildman–Crippen LogP) is 1.01. The predicted molar refractivity (Wildman–Crippen MR) is 39.9 cm³/mol. The summed E-state index contributed by atoms with van der Waals surface area (Å²) in [6, 6.07) is 0. The molecule has 0 aliphatic heterocycles. The van der Waals surface area contributed by atoms with Gasteiger partial charge in [0.15, 0.2) is 0 Å². The molecule has 0 bridgehead atoms. The van der Waals surface area contributed by atoms with Gasteiger partial charge >= 0.3 is 0 Å². The van der Waals surface area contributed by atoms with Crippen LogP contribution >= 0.6 is 0 Å². The molecule has 0 spiro atoms.